The second-order valence-electron chi connectivity index (χ2n) is 6.95. The third-order valence-electron chi connectivity index (χ3n) is 4.29. The van der Waals surface area contributed by atoms with Crippen molar-refractivity contribution >= 4 is 23.5 Å². The Morgan fingerprint density at radius 1 is 1.29 bits per heavy atom. The number of nitrogens with one attached hydrogen (secondary N) is 2. The van der Waals surface area contributed by atoms with Crippen molar-refractivity contribution in [3.63, 3.8) is 0 Å². The Kier molecular flexibility index (Phi) is 5.26. The van der Waals surface area contributed by atoms with Crippen molar-refractivity contribution in [3.8, 4) is 0 Å². The molecule has 0 spiro atoms. The number of carbonyl (C=O) groups is 3. The average Bonchev–Trinajstić information content (AvgIpc) is 2.72. The fourth-order valence-electron chi connectivity index (χ4n) is 2.68. The van der Waals surface area contributed by atoms with E-state index in [9.17, 15) is 14.4 Å². The third kappa shape index (κ3) is 3.93. The van der Waals surface area contributed by atoms with Gasteiger partial charge in [-0.2, -0.15) is 0 Å². The zero-order valence-corrected chi connectivity index (χ0v) is 14.7. The Labute approximate surface area is 142 Å². The minimum absolute atomic E-state index is 0.281. The van der Waals surface area contributed by atoms with Gasteiger partial charge in [-0.1, -0.05) is 32.0 Å². The van der Waals surface area contributed by atoms with Gasteiger partial charge in [0.05, 0.1) is 0 Å². The molecule has 0 aromatic heterocycles. The number of imide groups is 1. The van der Waals surface area contributed by atoms with E-state index >= 15 is 0 Å². The van der Waals surface area contributed by atoms with Crippen molar-refractivity contribution in [2.45, 2.75) is 46.1 Å². The van der Waals surface area contributed by atoms with Crippen LogP contribution in [0.3, 0.4) is 0 Å². The fraction of sp³-hybridized carbons (Fsp3) is 0.500. The lowest BCUT2D eigenvalue weighted by atomic mass is 9.92. The third-order valence-corrected chi connectivity index (χ3v) is 4.29. The summed E-state index contributed by atoms with van der Waals surface area (Å²) in [6, 6.07) is 6.85. The molecule has 1 aromatic carbocycles. The van der Waals surface area contributed by atoms with Crippen molar-refractivity contribution in [1.82, 2.24) is 10.2 Å². The summed E-state index contributed by atoms with van der Waals surface area (Å²) in [5.74, 6) is -0.293. The van der Waals surface area contributed by atoms with Crippen LogP contribution in [-0.4, -0.2) is 34.8 Å². The summed E-state index contributed by atoms with van der Waals surface area (Å²) >= 11 is 0. The van der Waals surface area contributed by atoms with Crippen LogP contribution in [0.2, 0.25) is 0 Å². The second-order valence-corrected chi connectivity index (χ2v) is 6.95. The summed E-state index contributed by atoms with van der Waals surface area (Å²) in [4.78, 5) is 37.9. The Bertz CT molecular complexity index is 657. The maximum absolute atomic E-state index is 12.6. The number of nitrogens with zero attached hydrogens (tertiary/aromatic N) is 1. The van der Waals surface area contributed by atoms with E-state index < -0.39 is 11.6 Å². The molecule has 0 saturated carbocycles. The molecule has 2 N–H and O–H groups in total. The molecule has 2 rings (SSSR count). The number of para-hydroxylation sites is 1. The van der Waals surface area contributed by atoms with Crippen molar-refractivity contribution in [3.05, 3.63) is 29.8 Å². The Morgan fingerprint density at radius 2 is 1.96 bits per heavy atom. The highest BCUT2D eigenvalue weighted by Crippen LogP contribution is 2.24. The lowest BCUT2D eigenvalue weighted by Crippen LogP contribution is -2.44. The highest BCUT2D eigenvalue weighted by molar-refractivity contribution is 6.09. The van der Waals surface area contributed by atoms with E-state index in [-0.39, 0.29) is 18.4 Å². The van der Waals surface area contributed by atoms with E-state index in [0.717, 1.165) is 16.9 Å². The molecule has 130 valence electrons. The van der Waals surface area contributed by atoms with Gasteiger partial charge in [0, 0.05) is 5.69 Å². The van der Waals surface area contributed by atoms with E-state index in [1.54, 1.807) is 13.0 Å². The van der Waals surface area contributed by atoms with Gasteiger partial charge in [0.2, 0.25) is 5.91 Å². The number of urea groups is 1. The first-order chi connectivity index (χ1) is 11.2. The van der Waals surface area contributed by atoms with Gasteiger partial charge in [0.15, 0.2) is 0 Å². The first-order valence-electron chi connectivity index (χ1n) is 8.22. The van der Waals surface area contributed by atoms with Crippen LogP contribution < -0.4 is 10.6 Å². The summed E-state index contributed by atoms with van der Waals surface area (Å²) in [6.07, 6.45) is 1.39. The average molecular weight is 331 g/mol. The molecule has 1 aromatic rings. The predicted molar refractivity (Wildman–Crippen MR) is 92.5 cm³/mol. The van der Waals surface area contributed by atoms with Gasteiger partial charge in [-0.05, 0) is 44.2 Å². The summed E-state index contributed by atoms with van der Waals surface area (Å²) < 4.78 is 0. The smallest absolute Gasteiger partial charge is 0.324 e. The number of anilines is 1. The molecule has 1 aliphatic heterocycles. The lowest BCUT2D eigenvalue weighted by Gasteiger charge is -2.22. The van der Waals surface area contributed by atoms with Gasteiger partial charge in [-0.3, -0.25) is 14.5 Å². The number of aryl methyl sites for hydroxylation is 1. The zero-order valence-electron chi connectivity index (χ0n) is 14.7. The molecule has 1 heterocycles. The van der Waals surface area contributed by atoms with Crippen molar-refractivity contribution in [1.29, 1.82) is 0 Å². The van der Waals surface area contributed by atoms with Gasteiger partial charge in [-0.15, -0.1) is 0 Å². The Morgan fingerprint density at radius 3 is 2.58 bits per heavy atom. The van der Waals surface area contributed by atoms with Crippen LogP contribution in [0.15, 0.2) is 24.3 Å². The molecule has 6 heteroatoms. The molecule has 1 atom stereocenters. The standard InChI is InChI=1S/C18H25N3O3/c1-12(2)9-10-18(4)16(23)21(17(24)20-18)11-15(22)19-14-8-6-5-7-13(14)3/h5-8,12H,9-11H2,1-4H3,(H,19,22)(H,20,24)/t18-/m0/s1. The monoisotopic (exact) mass is 331 g/mol. The highest BCUT2D eigenvalue weighted by atomic mass is 16.2. The summed E-state index contributed by atoms with van der Waals surface area (Å²) in [5.41, 5.74) is 0.673. The van der Waals surface area contributed by atoms with Crippen LogP contribution in [0, 0.1) is 12.8 Å². The van der Waals surface area contributed by atoms with Crippen LogP contribution in [-0.2, 0) is 9.59 Å². The number of hydrogen-bond donors (Lipinski definition) is 2. The summed E-state index contributed by atoms with van der Waals surface area (Å²) in [6.45, 7) is 7.45. The maximum atomic E-state index is 12.6. The van der Waals surface area contributed by atoms with Crippen LogP contribution in [0.1, 0.15) is 39.2 Å². The number of rotatable bonds is 6. The zero-order chi connectivity index (χ0) is 17.9. The minimum Gasteiger partial charge on any atom is -0.324 e. The fourth-order valence-corrected chi connectivity index (χ4v) is 2.68. The molecule has 1 saturated heterocycles. The van der Waals surface area contributed by atoms with Gasteiger partial charge < -0.3 is 10.6 Å². The first-order valence-corrected chi connectivity index (χ1v) is 8.22. The largest absolute Gasteiger partial charge is 0.325 e. The molecule has 24 heavy (non-hydrogen) atoms. The second kappa shape index (κ2) is 7.03. The molecule has 0 radical (unpaired) electrons. The molecule has 0 bridgehead atoms. The molecule has 6 nitrogen and oxygen atoms in total. The van der Waals surface area contributed by atoms with Crippen LogP contribution in [0.4, 0.5) is 10.5 Å². The maximum Gasteiger partial charge on any atom is 0.325 e. The molecule has 1 aliphatic rings. The molecule has 4 amide bonds. The molecule has 1 fully saturated rings. The molecular formula is C18H25N3O3. The molecule has 0 aliphatic carbocycles. The highest BCUT2D eigenvalue weighted by Gasteiger charge is 2.47. The first kappa shape index (κ1) is 18.0. The number of hydrogen-bond acceptors (Lipinski definition) is 3. The summed E-state index contributed by atoms with van der Waals surface area (Å²) in [7, 11) is 0. The molecule has 0 unspecified atom stereocenters. The predicted octanol–water partition coefficient (Wildman–Crippen LogP) is 2.68. The number of amides is 4. The Hall–Kier alpha value is -2.37. The van der Waals surface area contributed by atoms with Crippen molar-refractivity contribution < 1.29 is 14.4 Å². The van der Waals surface area contributed by atoms with E-state index in [1.807, 2.05) is 25.1 Å². The van der Waals surface area contributed by atoms with E-state index in [4.69, 9.17) is 0 Å². The van der Waals surface area contributed by atoms with Gasteiger partial charge in [0.1, 0.15) is 12.1 Å². The number of carbonyl (C=O) groups excluding carboxylic acids is 3. The van der Waals surface area contributed by atoms with Gasteiger partial charge in [0.25, 0.3) is 5.91 Å². The van der Waals surface area contributed by atoms with Crippen molar-refractivity contribution in [2.75, 3.05) is 11.9 Å². The van der Waals surface area contributed by atoms with E-state index in [1.165, 1.54) is 0 Å². The SMILES string of the molecule is Cc1ccccc1NC(=O)CN1C(=O)N[C@@](C)(CCC(C)C)C1=O. The summed E-state index contributed by atoms with van der Waals surface area (Å²) in [5, 5.41) is 5.47. The molecular weight excluding hydrogens is 306 g/mol. The van der Waals surface area contributed by atoms with Crippen LogP contribution in [0.25, 0.3) is 0 Å². The van der Waals surface area contributed by atoms with E-state index in [0.29, 0.717) is 18.0 Å². The van der Waals surface area contributed by atoms with E-state index in [2.05, 4.69) is 24.5 Å². The van der Waals surface area contributed by atoms with Gasteiger partial charge in [-0.25, -0.2) is 4.79 Å². The number of benzene rings is 1. The quantitative estimate of drug-likeness (QED) is 0.787. The minimum atomic E-state index is -0.926. The lowest BCUT2D eigenvalue weighted by molar-refractivity contribution is -0.133. The topological polar surface area (TPSA) is 78.5 Å². The van der Waals surface area contributed by atoms with Crippen LogP contribution in [0.5, 0.6) is 0 Å². The normalized spacial score (nSPS) is 20.5. The van der Waals surface area contributed by atoms with Crippen LogP contribution >= 0.6 is 0 Å². The Balaban J connectivity index is 2.02. The van der Waals surface area contributed by atoms with Gasteiger partial charge >= 0.3 is 6.03 Å². The van der Waals surface area contributed by atoms with Crippen molar-refractivity contribution in [2.24, 2.45) is 5.92 Å².